The van der Waals surface area contributed by atoms with Crippen LogP contribution in [-0.2, 0) is 42.9 Å². The van der Waals surface area contributed by atoms with Crippen LogP contribution in [0.25, 0.3) is 22.0 Å². The van der Waals surface area contributed by atoms with Gasteiger partial charge in [0.1, 0.15) is 41.7 Å². The number of alkyl halides is 3. The first-order chi connectivity index (χ1) is 26.6. The molecular formula is C40H48F3N7O6. The fourth-order valence-corrected chi connectivity index (χ4v) is 8.26. The van der Waals surface area contributed by atoms with Crippen molar-refractivity contribution in [1.82, 2.24) is 29.6 Å². The monoisotopic (exact) mass is 779 g/mol. The number of likely N-dealkylation sites (tertiary alicyclic amines) is 1. The average Bonchev–Trinajstić information content (AvgIpc) is 3.41. The molecule has 1 aliphatic heterocycles. The number of aryl methyl sites for hydroxylation is 2. The van der Waals surface area contributed by atoms with Crippen molar-refractivity contribution in [2.45, 2.75) is 96.8 Å². The van der Waals surface area contributed by atoms with Crippen molar-refractivity contribution in [1.29, 1.82) is 0 Å². The van der Waals surface area contributed by atoms with Gasteiger partial charge in [0.25, 0.3) is 0 Å². The molecule has 56 heavy (non-hydrogen) atoms. The summed E-state index contributed by atoms with van der Waals surface area (Å²) < 4.78 is 58.3. The van der Waals surface area contributed by atoms with Crippen LogP contribution in [0.4, 0.5) is 19.0 Å². The summed E-state index contributed by atoms with van der Waals surface area (Å²) in [5.74, 6) is -0.853. The quantitative estimate of drug-likeness (QED) is 0.105. The second-order valence-electron chi connectivity index (χ2n) is 15.0. The smallest absolute Gasteiger partial charge is 0.382 e. The van der Waals surface area contributed by atoms with Crippen molar-refractivity contribution in [3.8, 4) is 11.1 Å². The number of fused-ring (bicyclic) bond motifs is 2. The van der Waals surface area contributed by atoms with E-state index in [2.05, 4.69) is 20.3 Å². The summed E-state index contributed by atoms with van der Waals surface area (Å²) in [5.41, 5.74) is 1.73. The highest BCUT2D eigenvalue weighted by Gasteiger charge is 2.70. The molecule has 0 radical (unpaired) electrons. The second kappa shape index (κ2) is 16.4. The molecule has 16 heteroatoms. The van der Waals surface area contributed by atoms with E-state index in [1.807, 2.05) is 26.0 Å². The zero-order chi connectivity index (χ0) is 40.5. The Balaban J connectivity index is 1.32. The molecule has 1 saturated heterocycles. The number of aromatic nitrogens is 5. The zero-order valence-electron chi connectivity index (χ0n) is 32.6. The number of ketones is 1. The Bertz CT molecular complexity index is 2090. The number of Topliss-reactive ketones (excluding diaryl/α,β-unsaturated/α-hetero) is 1. The predicted octanol–water partition coefficient (Wildman–Crippen LogP) is 6.07. The molecule has 0 bridgehead atoms. The first kappa shape index (κ1) is 40.9. The Hall–Kier alpha value is -4.80. The molecule has 1 saturated carbocycles. The number of piperidine rings is 1. The molecule has 300 valence electrons. The third kappa shape index (κ3) is 8.18. The maximum atomic E-state index is 14.4. The summed E-state index contributed by atoms with van der Waals surface area (Å²) in [6, 6.07) is 5.93. The summed E-state index contributed by atoms with van der Waals surface area (Å²) in [6.07, 6.45) is 1.45. The van der Waals surface area contributed by atoms with E-state index >= 15 is 0 Å². The maximum absolute atomic E-state index is 14.4. The minimum Gasteiger partial charge on any atom is -0.382 e. The molecule has 0 spiro atoms. The van der Waals surface area contributed by atoms with Gasteiger partial charge in [0, 0.05) is 57.6 Å². The van der Waals surface area contributed by atoms with Crippen molar-refractivity contribution in [3.05, 3.63) is 65.5 Å². The molecule has 1 aliphatic carbocycles. The Morgan fingerprint density at radius 1 is 1.04 bits per heavy atom. The van der Waals surface area contributed by atoms with Crippen LogP contribution in [0.15, 0.2) is 42.7 Å². The van der Waals surface area contributed by atoms with Crippen LogP contribution < -0.4 is 5.32 Å². The Labute approximate surface area is 323 Å². The summed E-state index contributed by atoms with van der Waals surface area (Å²) in [4.78, 5) is 55.1. The predicted molar refractivity (Wildman–Crippen MR) is 201 cm³/mol. The van der Waals surface area contributed by atoms with Gasteiger partial charge in [-0.15, -0.1) is 0 Å². The van der Waals surface area contributed by atoms with Gasteiger partial charge in [0.2, 0.25) is 11.8 Å². The molecule has 6 rings (SSSR count). The number of pyridine rings is 1. The van der Waals surface area contributed by atoms with Gasteiger partial charge in [-0.1, -0.05) is 26.3 Å². The standard InChI is InChI=1S/C40H48F3N7O6/c1-22-37-39(22,4)17-29(38(53)47-33-14-10-13-32(46-33)40(41,42)43)50(37)34(52)20-49-36-25(11-8-9-12-30(55-6)31(56-7)21-54-5)15-26(27-18-44-24(3)45-19-27)16-28(36)35(48-49)23(2)51/h10,13-16,18-19,22,29-31,37H,8-9,11-12,17,20-21H2,1-7H3,(H,46,47,53)/t22-,29-,30?,31?,37?,39-/m0/s1. The normalized spacial score (nSPS) is 21.5. The molecule has 4 aromatic rings. The molecule has 1 N–H and O–H groups in total. The fraction of sp³-hybridized carbons (Fsp3) is 0.525. The number of hydrogen-bond donors (Lipinski definition) is 1. The van der Waals surface area contributed by atoms with E-state index in [0.717, 1.165) is 35.6 Å². The highest BCUT2D eigenvalue weighted by Crippen LogP contribution is 2.64. The van der Waals surface area contributed by atoms with E-state index in [4.69, 9.17) is 19.3 Å². The number of carbonyl (C=O) groups excluding carboxylic acids is 3. The van der Waals surface area contributed by atoms with Crippen LogP contribution in [0.5, 0.6) is 0 Å². The average molecular weight is 780 g/mol. The van der Waals surface area contributed by atoms with Crippen LogP contribution in [0, 0.1) is 18.3 Å². The van der Waals surface area contributed by atoms with Crippen molar-refractivity contribution in [3.63, 3.8) is 0 Å². The molecular weight excluding hydrogens is 731 g/mol. The summed E-state index contributed by atoms with van der Waals surface area (Å²) >= 11 is 0. The summed E-state index contributed by atoms with van der Waals surface area (Å²) in [6.45, 7) is 7.35. The number of halogens is 3. The van der Waals surface area contributed by atoms with E-state index in [1.165, 1.54) is 19.1 Å². The van der Waals surface area contributed by atoms with Crippen molar-refractivity contribution in [2.75, 3.05) is 33.3 Å². The van der Waals surface area contributed by atoms with Crippen molar-refractivity contribution in [2.24, 2.45) is 11.3 Å². The number of methoxy groups -OCH3 is 3. The maximum Gasteiger partial charge on any atom is 0.433 e. The van der Waals surface area contributed by atoms with Crippen LogP contribution in [-0.4, -0.2) is 99.5 Å². The minimum atomic E-state index is -4.69. The Morgan fingerprint density at radius 2 is 1.75 bits per heavy atom. The van der Waals surface area contributed by atoms with Gasteiger partial charge in [-0.05, 0) is 79.3 Å². The lowest BCUT2D eigenvalue weighted by Gasteiger charge is -2.28. The van der Waals surface area contributed by atoms with E-state index < -0.39 is 29.7 Å². The molecule has 3 aromatic heterocycles. The van der Waals surface area contributed by atoms with E-state index in [0.29, 0.717) is 42.6 Å². The van der Waals surface area contributed by atoms with Crippen molar-refractivity contribution >= 4 is 34.3 Å². The second-order valence-corrected chi connectivity index (χ2v) is 15.0. The van der Waals surface area contributed by atoms with Crippen molar-refractivity contribution < 1.29 is 41.8 Å². The molecule has 1 aromatic carbocycles. The molecule has 13 nitrogen and oxygen atoms in total. The lowest BCUT2D eigenvalue weighted by Crippen LogP contribution is -2.47. The minimum absolute atomic E-state index is 0.0942. The van der Waals surface area contributed by atoms with E-state index in [1.54, 1.807) is 50.2 Å². The fourth-order valence-electron chi connectivity index (χ4n) is 8.26. The zero-order valence-corrected chi connectivity index (χ0v) is 32.6. The van der Waals surface area contributed by atoms with Crippen LogP contribution in [0.1, 0.15) is 74.0 Å². The highest BCUT2D eigenvalue weighted by molar-refractivity contribution is 6.07. The molecule has 6 atom stereocenters. The number of benzene rings is 1. The number of rotatable bonds is 16. The highest BCUT2D eigenvalue weighted by atomic mass is 19.4. The van der Waals surface area contributed by atoms with Gasteiger partial charge in [-0.25, -0.2) is 15.0 Å². The van der Waals surface area contributed by atoms with Gasteiger partial charge in [0.05, 0.1) is 18.2 Å². The third-order valence-corrected chi connectivity index (χ3v) is 11.4. The number of unbranched alkanes of at least 4 members (excludes halogenated alkanes) is 1. The largest absolute Gasteiger partial charge is 0.433 e. The Kier molecular flexibility index (Phi) is 11.9. The van der Waals surface area contributed by atoms with E-state index in [9.17, 15) is 27.6 Å². The van der Waals surface area contributed by atoms with Gasteiger partial charge in [0.15, 0.2) is 5.78 Å². The number of anilines is 1. The molecule has 2 aliphatic rings. The number of amides is 2. The first-order valence-electron chi connectivity index (χ1n) is 18.6. The number of nitrogens with one attached hydrogen (secondary N) is 1. The Morgan fingerprint density at radius 3 is 2.39 bits per heavy atom. The molecule has 2 fully saturated rings. The number of nitrogens with zero attached hydrogens (tertiary/aromatic N) is 6. The third-order valence-electron chi connectivity index (χ3n) is 11.4. The first-order valence-corrected chi connectivity index (χ1v) is 18.6. The lowest BCUT2D eigenvalue weighted by atomic mass is 9.96. The van der Waals surface area contributed by atoms with E-state index in [-0.39, 0.29) is 53.4 Å². The van der Waals surface area contributed by atoms with Gasteiger partial charge in [-0.2, -0.15) is 18.3 Å². The van der Waals surface area contributed by atoms with Gasteiger partial charge < -0.3 is 24.4 Å². The van der Waals surface area contributed by atoms with Crippen LogP contribution in [0.3, 0.4) is 0 Å². The topological polar surface area (TPSA) is 151 Å². The number of hydrogen-bond acceptors (Lipinski definition) is 10. The van der Waals surface area contributed by atoms with Gasteiger partial charge in [-0.3, -0.25) is 19.1 Å². The molecule has 3 unspecified atom stereocenters. The van der Waals surface area contributed by atoms with Crippen LogP contribution >= 0.6 is 0 Å². The number of ether oxygens (including phenoxy) is 3. The number of carbonyl (C=O) groups is 3. The van der Waals surface area contributed by atoms with Gasteiger partial charge >= 0.3 is 6.18 Å². The summed E-state index contributed by atoms with van der Waals surface area (Å²) in [5, 5.41) is 7.79. The SMILES string of the molecule is COCC(OC)C(CCCCc1cc(-c2cnc(C)nc2)cc2c(C(C)=O)nn(CC(=O)N3C4[C@H](C)[C@]4(C)C[C@H]3C(=O)Nc3cccc(C(F)(F)F)n3)c12)OC. The van der Waals surface area contributed by atoms with Crippen LogP contribution in [0.2, 0.25) is 0 Å². The molecule has 4 heterocycles. The summed E-state index contributed by atoms with van der Waals surface area (Å²) in [7, 11) is 4.88. The molecule has 2 amide bonds. The lowest BCUT2D eigenvalue weighted by molar-refractivity contribution is -0.141.